The van der Waals surface area contributed by atoms with Gasteiger partial charge in [-0.3, -0.25) is 0 Å². The van der Waals surface area contributed by atoms with Gasteiger partial charge >= 0.3 is 0 Å². The van der Waals surface area contributed by atoms with Crippen molar-refractivity contribution in [1.29, 1.82) is 0 Å². The summed E-state index contributed by atoms with van der Waals surface area (Å²) < 4.78 is 5.56. The van der Waals surface area contributed by atoms with E-state index in [2.05, 4.69) is 0 Å². The fraction of sp³-hybridized carbons (Fsp3) is 1.00. The first-order chi connectivity index (χ1) is 4.31. The maximum Gasteiger partial charge on any atom is 0.0686 e. The average molecular weight is 127 g/mol. The van der Waals surface area contributed by atoms with Crippen LogP contribution >= 0.6 is 0 Å². The van der Waals surface area contributed by atoms with E-state index in [4.69, 9.17) is 10.5 Å². The SMILES string of the molecule is NC1CCC2(CC2)OC1. The molecule has 1 aliphatic carbocycles. The van der Waals surface area contributed by atoms with E-state index in [1.54, 1.807) is 0 Å². The van der Waals surface area contributed by atoms with Crippen LogP contribution in [0.2, 0.25) is 0 Å². The smallest absolute Gasteiger partial charge is 0.0686 e. The van der Waals surface area contributed by atoms with Crippen LogP contribution in [0.25, 0.3) is 0 Å². The summed E-state index contributed by atoms with van der Waals surface area (Å²) in [7, 11) is 0. The third-order valence-electron chi connectivity index (χ3n) is 2.38. The van der Waals surface area contributed by atoms with Crippen molar-refractivity contribution in [3.05, 3.63) is 0 Å². The maximum absolute atomic E-state index is 5.66. The van der Waals surface area contributed by atoms with E-state index in [9.17, 15) is 0 Å². The lowest BCUT2D eigenvalue weighted by molar-refractivity contribution is -0.0140. The molecule has 2 N–H and O–H groups in total. The highest BCUT2D eigenvalue weighted by molar-refractivity contribution is 4.98. The molecule has 2 rings (SSSR count). The molecule has 0 aromatic rings. The lowest BCUT2D eigenvalue weighted by atomic mass is 10.0. The van der Waals surface area contributed by atoms with Crippen LogP contribution in [-0.2, 0) is 4.74 Å². The quantitative estimate of drug-likeness (QED) is 0.518. The summed E-state index contributed by atoms with van der Waals surface area (Å²) in [5.41, 5.74) is 5.99. The molecule has 2 aliphatic rings. The summed E-state index contributed by atoms with van der Waals surface area (Å²) in [6.45, 7) is 0.792. The summed E-state index contributed by atoms with van der Waals surface area (Å²) in [6.07, 6.45) is 4.92. The first kappa shape index (κ1) is 5.69. The molecular weight excluding hydrogens is 114 g/mol. The van der Waals surface area contributed by atoms with Crippen molar-refractivity contribution in [3.63, 3.8) is 0 Å². The monoisotopic (exact) mass is 127 g/mol. The van der Waals surface area contributed by atoms with E-state index >= 15 is 0 Å². The van der Waals surface area contributed by atoms with Crippen molar-refractivity contribution < 1.29 is 4.74 Å². The van der Waals surface area contributed by atoms with Gasteiger partial charge in [-0.25, -0.2) is 0 Å². The van der Waals surface area contributed by atoms with Gasteiger partial charge in [0.1, 0.15) is 0 Å². The van der Waals surface area contributed by atoms with Gasteiger partial charge in [0, 0.05) is 6.04 Å². The van der Waals surface area contributed by atoms with Crippen LogP contribution in [0.15, 0.2) is 0 Å². The highest BCUT2D eigenvalue weighted by Crippen LogP contribution is 2.45. The highest BCUT2D eigenvalue weighted by Gasteiger charge is 2.45. The summed E-state index contributed by atoms with van der Waals surface area (Å²) in [5.74, 6) is 0. The number of hydrogen-bond acceptors (Lipinski definition) is 2. The third-order valence-corrected chi connectivity index (χ3v) is 2.38. The van der Waals surface area contributed by atoms with E-state index in [0.29, 0.717) is 11.6 Å². The molecule has 1 saturated carbocycles. The van der Waals surface area contributed by atoms with Gasteiger partial charge < -0.3 is 10.5 Å². The summed E-state index contributed by atoms with van der Waals surface area (Å²) >= 11 is 0. The molecule has 1 aliphatic heterocycles. The van der Waals surface area contributed by atoms with Crippen molar-refractivity contribution in [1.82, 2.24) is 0 Å². The average Bonchev–Trinajstić information content (AvgIpc) is 2.60. The first-order valence-electron chi connectivity index (χ1n) is 3.70. The molecule has 9 heavy (non-hydrogen) atoms. The number of rotatable bonds is 0. The Balaban J connectivity index is 1.91. The topological polar surface area (TPSA) is 35.2 Å². The van der Waals surface area contributed by atoms with E-state index in [1.165, 1.54) is 25.7 Å². The Kier molecular flexibility index (Phi) is 1.08. The van der Waals surface area contributed by atoms with E-state index in [-0.39, 0.29) is 0 Å². The minimum atomic E-state index is 0.316. The Hall–Kier alpha value is -0.0800. The molecule has 2 fully saturated rings. The van der Waals surface area contributed by atoms with E-state index in [1.807, 2.05) is 0 Å². The second-order valence-corrected chi connectivity index (χ2v) is 3.29. The molecule has 1 atom stereocenters. The van der Waals surface area contributed by atoms with Crippen LogP contribution in [-0.4, -0.2) is 18.2 Å². The van der Waals surface area contributed by atoms with Crippen LogP contribution in [0.4, 0.5) is 0 Å². The molecule has 2 nitrogen and oxygen atoms in total. The Morgan fingerprint density at radius 1 is 1.33 bits per heavy atom. The van der Waals surface area contributed by atoms with Crippen molar-refractivity contribution in [3.8, 4) is 0 Å². The number of hydrogen-bond donors (Lipinski definition) is 1. The van der Waals surface area contributed by atoms with Gasteiger partial charge in [0.15, 0.2) is 0 Å². The normalized spacial score (nSPS) is 39.0. The Morgan fingerprint density at radius 3 is 2.56 bits per heavy atom. The van der Waals surface area contributed by atoms with Crippen LogP contribution in [0.1, 0.15) is 25.7 Å². The largest absolute Gasteiger partial charge is 0.373 e. The van der Waals surface area contributed by atoms with Crippen LogP contribution in [0.3, 0.4) is 0 Å². The molecule has 1 spiro atoms. The second kappa shape index (κ2) is 1.70. The molecule has 2 heteroatoms. The lowest BCUT2D eigenvalue weighted by Crippen LogP contribution is -2.36. The van der Waals surface area contributed by atoms with Crippen LogP contribution in [0.5, 0.6) is 0 Å². The Labute approximate surface area is 55.4 Å². The zero-order chi connectivity index (χ0) is 6.32. The second-order valence-electron chi connectivity index (χ2n) is 3.29. The van der Waals surface area contributed by atoms with Gasteiger partial charge in [-0.05, 0) is 25.7 Å². The van der Waals surface area contributed by atoms with Gasteiger partial charge in [0.05, 0.1) is 12.2 Å². The van der Waals surface area contributed by atoms with Crippen molar-refractivity contribution in [2.24, 2.45) is 5.73 Å². The summed E-state index contributed by atoms with van der Waals surface area (Å²) in [5, 5.41) is 0. The zero-order valence-corrected chi connectivity index (χ0v) is 5.60. The molecular formula is C7H13NO. The first-order valence-corrected chi connectivity index (χ1v) is 3.70. The van der Waals surface area contributed by atoms with Gasteiger partial charge in [-0.15, -0.1) is 0 Å². The van der Waals surface area contributed by atoms with Crippen LogP contribution < -0.4 is 5.73 Å². The van der Waals surface area contributed by atoms with E-state index in [0.717, 1.165) is 6.61 Å². The van der Waals surface area contributed by atoms with Gasteiger partial charge in [-0.2, -0.15) is 0 Å². The molecule has 0 radical (unpaired) electrons. The number of ether oxygens (including phenoxy) is 1. The van der Waals surface area contributed by atoms with Gasteiger partial charge in [0.25, 0.3) is 0 Å². The molecule has 0 bridgehead atoms. The van der Waals surface area contributed by atoms with E-state index < -0.39 is 0 Å². The maximum atomic E-state index is 5.66. The molecule has 52 valence electrons. The van der Waals surface area contributed by atoms with Crippen molar-refractivity contribution >= 4 is 0 Å². The predicted octanol–water partition coefficient (Wildman–Crippen LogP) is 0.657. The molecule has 0 aromatic carbocycles. The minimum Gasteiger partial charge on any atom is -0.373 e. The number of nitrogens with two attached hydrogens (primary N) is 1. The Morgan fingerprint density at radius 2 is 2.11 bits per heavy atom. The molecule has 1 unspecified atom stereocenters. The molecule has 0 amide bonds. The Bertz CT molecular complexity index is 110. The standard InChI is InChI=1S/C7H13NO/c8-6-1-2-7(3-4-7)9-5-6/h6H,1-5,8H2. The highest BCUT2D eigenvalue weighted by atomic mass is 16.5. The zero-order valence-electron chi connectivity index (χ0n) is 5.60. The lowest BCUT2D eigenvalue weighted by Gasteiger charge is -2.26. The summed E-state index contributed by atoms with van der Waals surface area (Å²) in [6, 6.07) is 0.316. The molecule has 1 heterocycles. The molecule has 1 saturated heterocycles. The summed E-state index contributed by atoms with van der Waals surface area (Å²) in [4.78, 5) is 0. The third kappa shape index (κ3) is 0.970. The van der Waals surface area contributed by atoms with Crippen LogP contribution in [0, 0.1) is 0 Å². The van der Waals surface area contributed by atoms with Gasteiger partial charge in [0.2, 0.25) is 0 Å². The van der Waals surface area contributed by atoms with Crippen molar-refractivity contribution in [2.75, 3.05) is 6.61 Å². The fourth-order valence-electron chi connectivity index (χ4n) is 1.42. The minimum absolute atomic E-state index is 0.316. The van der Waals surface area contributed by atoms with Gasteiger partial charge in [-0.1, -0.05) is 0 Å². The van der Waals surface area contributed by atoms with Crippen molar-refractivity contribution in [2.45, 2.75) is 37.3 Å². The molecule has 0 aromatic heterocycles. The fourth-order valence-corrected chi connectivity index (χ4v) is 1.42. The predicted molar refractivity (Wildman–Crippen MR) is 35.1 cm³/mol.